The summed E-state index contributed by atoms with van der Waals surface area (Å²) >= 11 is 0. The third kappa shape index (κ3) is 5.98. The van der Waals surface area contributed by atoms with Gasteiger partial charge in [-0.1, -0.05) is 12.1 Å². The van der Waals surface area contributed by atoms with Gasteiger partial charge in [-0.2, -0.15) is 0 Å². The van der Waals surface area contributed by atoms with Crippen LogP contribution in [0.4, 0.5) is 0 Å². The van der Waals surface area contributed by atoms with Gasteiger partial charge in [0, 0.05) is 36.5 Å². The van der Waals surface area contributed by atoms with E-state index in [2.05, 4.69) is 32.7 Å². The highest BCUT2D eigenvalue weighted by Crippen LogP contribution is 2.23. The number of nitrogens with zero attached hydrogens (tertiary/aromatic N) is 2. The first kappa shape index (κ1) is 23.0. The average Bonchev–Trinajstić information content (AvgIpc) is 2.64. The van der Waals surface area contributed by atoms with Gasteiger partial charge in [-0.05, 0) is 32.4 Å². The molecule has 0 bridgehead atoms. The van der Waals surface area contributed by atoms with Crippen molar-refractivity contribution in [2.75, 3.05) is 21.3 Å². The van der Waals surface area contributed by atoms with Crippen LogP contribution in [0.15, 0.2) is 29.4 Å². The fraction of sp³-hybridized carbons (Fsp3) is 0.400. The summed E-state index contributed by atoms with van der Waals surface area (Å²) < 4.78 is 10.9. The maximum absolute atomic E-state index is 5.46. The van der Waals surface area contributed by atoms with Gasteiger partial charge >= 0.3 is 0 Å². The molecule has 0 spiro atoms. The SMILES string of the molecule is CN=C(NCc1ccc(C)cc1OC)NCc1ncc(C)c(OC)c1C.I. The standard InChI is InChI=1S/C20H28N4O2.HI/c1-13-7-8-16(18(9-13)25-5)11-23-20(21-4)24-12-17-15(3)19(26-6)14(2)10-22-17;/h7-10H,11-12H2,1-6H3,(H2,21,23,24);1H. The minimum atomic E-state index is 0. The number of rotatable bonds is 6. The average molecular weight is 484 g/mol. The van der Waals surface area contributed by atoms with Crippen molar-refractivity contribution in [3.8, 4) is 11.5 Å². The zero-order valence-electron chi connectivity index (χ0n) is 16.8. The molecule has 7 heteroatoms. The molecule has 0 amide bonds. The Morgan fingerprint density at radius 1 is 1.07 bits per heavy atom. The second kappa shape index (κ2) is 11.0. The molecule has 0 saturated carbocycles. The Kier molecular flexibility index (Phi) is 9.34. The number of hydrogen-bond donors (Lipinski definition) is 2. The number of guanidine groups is 1. The van der Waals surface area contributed by atoms with E-state index in [0.717, 1.165) is 33.9 Å². The first-order valence-corrected chi connectivity index (χ1v) is 8.57. The van der Waals surface area contributed by atoms with Crippen LogP contribution >= 0.6 is 24.0 Å². The lowest BCUT2D eigenvalue weighted by atomic mass is 10.1. The van der Waals surface area contributed by atoms with Gasteiger partial charge in [0.15, 0.2) is 5.96 Å². The Bertz CT molecular complexity index is 794. The van der Waals surface area contributed by atoms with Crippen LogP contribution in [0.25, 0.3) is 0 Å². The largest absolute Gasteiger partial charge is 0.496 e. The van der Waals surface area contributed by atoms with Crippen LogP contribution < -0.4 is 20.1 Å². The van der Waals surface area contributed by atoms with E-state index >= 15 is 0 Å². The Morgan fingerprint density at radius 3 is 2.41 bits per heavy atom. The van der Waals surface area contributed by atoms with Crippen LogP contribution in [0.1, 0.15) is 27.9 Å². The minimum absolute atomic E-state index is 0. The summed E-state index contributed by atoms with van der Waals surface area (Å²) in [6, 6.07) is 6.16. The molecule has 0 radical (unpaired) electrons. The summed E-state index contributed by atoms with van der Waals surface area (Å²) in [5, 5.41) is 6.61. The molecule has 0 unspecified atom stereocenters. The molecule has 2 rings (SSSR count). The van der Waals surface area contributed by atoms with Crippen LogP contribution in [-0.4, -0.2) is 32.2 Å². The number of aryl methyl sites for hydroxylation is 2. The van der Waals surface area contributed by atoms with Crippen LogP contribution in [-0.2, 0) is 13.1 Å². The molecule has 0 aliphatic rings. The van der Waals surface area contributed by atoms with Crippen molar-refractivity contribution in [3.63, 3.8) is 0 Å². The normalized spacial score (nSPS) is 10.8. The van der Waals surface area contributed by atoms with E-state index < -0.39 is 0 Å². The van der Waals surface area contributed by atoms with Crippen molar-refractivity contribution >= 4 is 29.9 Å². The van der Waals surface area contributed by atoms with E-state index in [1.807, 2.05) is 33.0 Å². The molecule has 27 heavy (non-hydrogen) atoms. The topological polar surface area (TPSA) is 67.8 Å². The van der Waals surface area contributed by atoms with E-state index in [1.165, 1.54) is 5.56 Å². The molecule has 0 aliphatic heterocycles. The van der Waals surface area contributed by atoms with Crippen LogP contribution in [0.3, 0.4) is 0 Å². The molecule has 2 aromatic rings. The van der Waals surface area contributed by atoms with Crippen LogP contribution in [0.2, 0.25) is 0 Å². The van der Waals surface area contributed by atoms with E-state index in [0.29, 0.717) is 19.0 Å². The second-order valence-electron chi connectivity index (χ2n) is 6.14. The molecule has 1 heterocycles. The lowest BCUT2D eigenvalue weighted by Crippen LogP contribution is -2.36. The highest BCUT2D eigenvalue weighted by molar-refractivity contribution is 14.0. The molecule has 0 fully saturated rings. The monoisotopic (exact) mass is 484 g/mol. The number of aliphatic imine (C=N–C) groups is 1. The molecular weight excluding hydrogens is 455 g/mol. The molecule has 0 atom stereocenters. The van der Waals surface area contributed by atoms with Gasteiger partial charge in [-0.3, -0.25) is 9.98 Å². The Morgan fingerprint density at radius 2 is 1.78 bits per heavy atom. The zero-order valence-corrected chi connectivity index (χ0v) is 19.2. The van der Waals surface area contributed by atoms with Crippen molar-refractivity contribution < 1.29 is 9.47 Å². The number of halogens is 1. The maximum atomic E-state index is 5.46. The minimum Gasteiger partial charge on any atom is -0.496 e. The fourth-order valence-electron chi connectivity index (χ4n) is 2.81. The molecule has 2 N–H and O–H groups in total. The molecule has 1 aromatic carbocycles. The molecule has 0 aliphatic carbocycles. The van der Waals surface area contributed by atoms with E-state index in [-0.39, 0.29) is 24.0 Å². The maximum Gasteiger partial charge on any atom is 0.191 e. The Balaban J connectivity index is 0.00000364. The molecule has 1 aromatic heterocycles. The molecular formula is C20H29IN4O2. The van der Waals surface area contributed by atoms with Crippen molar-refractivity contribution in [3.05, 3.63) is 52.3 Å². The smallest absolute Gasteiger partial charge is 0.191 e. The van der Waals surface area contributed by atoms with Crippen molar-refractivity contribution in [2.45, 2.75) is 33.9 Å². The molecule has 148 valence electrons. The third-order valence-electron chi connectivity index (χ3n) is 4.29. The van der Waals surface area contributed by atoms with Gasteiger partial charge in [-0.15, -0.1) is 24.0 Å². The van der Waals surface area contributed by atoms with E-state index in [4.69, 9.17) is 9.47 Å². The Hall–Kier alpha value is -2.03. The summed E-state index contributed by atoms with van der Waals surface area (Å²) in [5.41, 5.74) is 5.25. The molecule has 6 nitrogen and oxygen atoms in total. The van der Waals surface area contributed by atoms with Crippen LogP contribution in [0.5, 0.6) is 11.5 Å². The number of pyridine rings is 1. The first-order chi connectivity index (χ1) is 12.5. The van der Waals surface area contributed by atoms with Gasteiger partial charge in [-0.25, -0.2) is 0 Å². The summed E-state index contributed by atoms with van der Waals surface area (Å²) in [7, 11) is 5.12. The summed E-state index contributed by atoms with van der Waals surface area (Å²) in [4.78, 5) is 8.78. The summed E-state index contributed by atoms with van der Waals surface area (Å²) in [6.07, 6.45) is 1.83. The van der Waals surface area contributed by atoms with E-state index in [1.54, 1.807) is 21.3 Å². The number of hydrogen-bond acceptors (Lipinski definition) is 4. The van der Waals surface area contributed by atoms with Gasteiger partial charge < -0.3 is 20.1 Å². The summed E-state index contributed by atoms with van der Waals surface area (Å²) in [6.45, 7) is 7.24. The number of ether oxygens (including phenoxy) is 2. The lowest BCUT2D eigenvalue weighted by Gasteiger charge is -2.16. The van der Waals surface area contributed by atoms with Gasteiger partial charge in [0.25, 0.3) is 0 Å². The quantitative estimate of drug-likeness (QED) is 0.373. The van der Waals surface area contributed by atoms with Gasteiger partial charge in [0.1, 0.15) is 11.5 Å². The predicted octanol–water partition coefficient (Wildman–Crippen LogP) is 3.51. The Labute approximate surface area is 178 Å². The summed E-state index contributed by atoms with van der Waals surface area (Å²) in [5.74, 6) is 2.45. The lowest BCUT2D eigenvalue weighted by molar-refractivity contribution is 0.406. The molecule has 0 saturated heterocycles. The van der Waals surface area contributed by atoms with E-state index in [9.17, 15) is 0 Å². The fourth-order valence-corrected chi connectivity index (χ4v) is 2.81. The van der Waals surface area contributed by atoms with Gasteiger partial charge in [0.05, 0.1) is 26.5 Å². The number of aromatic nitrogens is 1. The van der Waals surface area contributed by atoms with Crippen molar-refractivity contribution in [1.29, 1.82) is 0 Å². The number of methoxy groups -OCH3 is 2. The van der Waals surface area contributed by atoms with Crippen LogP contribution in [0, 0.1) is 20.8 Å². The zero-order chi connectivity index (χ0) is 19.1. The third-order valence-corrected chi connectivity index (χ3v) is 4.29. The highest BCUT2D eigenvalue weighted by Gasteiger charge is 2.10. The second-order valence-corrected chi connectivity index (χ2v) is 6.14. The number of nitrogens with one attached hydrogen (secondary N) is 2. The van der Waals surface area contributed by atoms with Gasteiger partial charge in [0.2, 0.25) is 0 Å². The van der Waals surface area contributed by atoms with Crippen molar-refractivity contribution in [1.82, 2.24) is 15.6 Å². The number of benzene rings is 1. The van der Waals surface area contributed by atoms with Crippen molar-refractivity contribution in [2.24, 2.45) is 4.99 Å². The predicted molar refractivity (Wildman–Crippen MR) is 120 cm³/mol. The first-order valence-electron chi connectivity index (χ1n) is 8.57. The highest BCUT2D eigenvalue weighted by atomic mass is 127.